The predicted octanol–water partition coefficient (Wildman–Crippen LogP) is 5.54. The van der Waals surface area contributed by atoms with Gasteiger partial charge in [0.15, 0.2) is 0 Å². The number of hydrogen-bond acceptors (Lipinski definition) is 6. The molecule has 0 fully saturated rings. The lowest BCUT2D eigenvalue weighted by atomic mass is 10.1. The maximum Gasteiger partial charge on any atom is 0.343 e. The Morgan fingerprint density at radius 3 is 2.29 bits per heavy atom. The van der Waals surface area contributed by atoms with Gasteiger partial charge in [-0.1, -0.05) is 52.3 Å². The number of benzene rings is 4. The van der Waals surface area contributed by atoms with Gasteiger partial charge in [0.05, 0.1) is 16.7 Å². The van der Waals surface area contributed by atoms with Crippen LogP contribution in [0.15, 0.2) is 112 Å². The molecule has 0 saturated carbocycles. The molecule has 8 nitrogen and oxygen atoms in total. The summed E-state index contributed by atoms with van der Waals surface area (Å²) in [6, 6.07) is 26.0. The van der Waals surface area contributed by atoms with Gasteiger partial charge >= 0.3 is 5.97 Å². The molecule has 0 heterocycles. The largest absolute Gasteiger partial charge is 0.422 e. The number of carbonyl (C=O) groups excluding carboxylic acids is 2. The molecule has 0 spiro atoms. The van der Waals surface area contributed by atoms with Crippen molar-refractivity contribution in [2.24, 2.45) is 5.10 Å². The molecule has 0 radical (unpaired) electrons. The molecule has 4 aromatic rings. The summed E-state index contributed by atoms with van der Waals surface area (Å²) in [5, 5.41) is 3.99. The molecule has 4 aromatic carbocycles. The maximum absolute atomic E-state index is 12.6. The lowest BCUT2D eigenvalue weighted by molar-refractivity contribution is 0.0733. The molecular formula is C28H22BrN3O5S. The number of amides is 1. The number of hydrazone groups is 1. The number of hydrogen-bond donors (Lipinski definition) is 2. The van der Waals surface area contributed by atoms with E-state index in [-0.39, 0.29) is 16.2 Å². The lowest BCUT2D eigenvalue weighted by Gasteiger charge is -2.10. The minimum Gasteiger partial charge on any atom is -0.422 e. The van der Waals surface area contributed by atoms with Crippen LogP contribution in [0.5, 0.6) is 5.75 Å². The molecule has 0 aliphatic carbocycles. The van der Waals surface area contributed by atoms with E-state index in [1.54, 1.807) is 48.5 Å². The fourth-order valence-electron chi connectivity index (χ4n) is 3.40. The van der Waals surface area contributed by atoms with E-state index in [1.165, 1.54) is 42.6 Å². The number of nitrogens with zero attached hydrogens (tertiary/aromatic N) is 1. The smallest absolute Gasteiger partial charge is 0.343 e. The number of rotatable bonds is 8. The Kier molecular flexibility index (Phi) is 8.35. The minimum atomic E-state index is -3.74. The predicted molar refractivity (Wildman–Crippen MR) is 149 cm³/mol. The number of ether oxygens (including phenoxy) is 1. The van der Waals surface area contributed by atoms with Crippen LogP contribution < -0.4 is 14.9 Å². The lowest BCUT2D eigenvalue weighted by Crippen LogP contribution is -2.18. The van der Waals surface area contributed by atoms with Crippen LogP contribution in [0.25, 0.3) is 0 Å². The van der Waals surface area contributed by atoms with Gasteiger partial charge in [0.25, 0.3) is 15.9 Å². The van der Waals surface area contributed by atoms with Crippen LogP contribution in [-0.2, 0) is 10.0 Å². The van der Waals surface area contributed by atoms with Gasteiger partial charge in [0, 0.05) is 21.3 Å². The highest BCUT2D eigenvalue weighted by atomic mass is 79.9. The first-order valence-corrected chi connectivity index (χ1v) is 13.6. The second kappa shape index (κ2) is 11.8. The highest BCUT2D eigenvalue weighted by molar-refractivity contribution is 9.10. The molecule has 4 rings (SSSR count). The first-order chi connectivity index (χ1) is 18.2. The van der Waals surface area contributed by atoms with Crippen molar-refractivity contribution in [1.82, 2.24) is 5.43 Å². The van der Waals surface area contributed by atoms with Crippen molar-refractivity contribution >= 4 is 49.7 Å². The molecule has 0 bridgehead atoms. The number of carbonyl (C=O) groups is 2. The Morgan fingerprint density at radius 1 is 0.895 bits per heavy atom. The normalized spacial score (nSPS) is 11.2. The number of anilines is 1. The summed E-state index contributed by atoms with van der Waals surface area (Å²) in [5.74, 6) is -0.742. The molecule has 0 saturated heterocycles. The van der Waals surface area contributed by atoms with Gasteiger partial charge in [-0.05, 0) is 73.2 Å². The molecule has 38 heavy (non-hydrogen) atoms. The molecule has 2 N–H and O–H groups in total. The molecule has 0 aliphatic heterocycles. The standard InChI is InChI=1S/C28H22BrN3O5S/c1-19-7-5-6-10-25(19)28(34)37-26-16-13-22(29)17-21(26)18-30-31-27(33)20-11-14-23(15-12-20)32-38(35,36)24-8-3-2-4-9-24/h2-18,32H,1H3,(H,31,33). The van der Waals surface area contributed by atoms with Gasteiger partial charge in [-0.2, -0.15) is 5.10 Å². The van der Waals surface area contributed by atoms with Crippen LogP contribution in [0.1, 0.15) is 31.8 Å². The van der Waals surface area contributed by atoms with E-state index in [2.05, 4.69) is 31.2 Å². The Labute approximate surface area is 228 Å². The van der Waals surface area contributed by atoms with Crippen LogP contribution in [0.4, 0.5) is 5.69 Å². The first-order valence-electron chi connectivity index (χ1n) is 11.3. The average molecular weight is 592 g/mol. The van der Waals surface area contributed by atoms with Crippen LogP contribution in [0.2, 0.25) is 0 Å². The molecule has 0 unspecified atom stereocenters. The van der Waals surface area contributed by atoms with Crippen molar-refractivity contribution in [3.63, 3.8) is 0 Å². The van der Waals surface area contributed by atoms with Crippen molar-refractivity contribution in [2.45, 2.75) is 11.8 Å². The van der Waals surface area contributed by atoms with E-state index in [4.69, 9.17) is 4.74 Å². The zero-order valence-electron chi connectivity index (χ0n) is 20.1. The molecule has 0 aliphatic rings. The van der Waals surface area contributed by atoms with Gasteiger partial charge in [-0.3, -0.25) is 9.52 Å². The molecule has 0 aromatic heterocycles. The maximum atomic E-state index is 12.6. The zero-order valence-corrected chi connectivity index (χ0v) is 22.5. The summed E-state index contributed by atoms with van der Waals surface area (Å²) >= 11 is 3.38. The fourth-order valence-corrected chi connectivity index (χ4v) is 4.86. The van der Waals surface area contributed by atoms with E-state index in [0.717, 1.165) is 10.0 Å². The fraction of sp³-hybridized carbons (Fsp3) is 0.0357. The molecule has 10 heteroatoms. The number of sulfonamides is 1. The quantitative estimate of drug-likeness (QED) is 0.121. The third-order valence-electron chi connectivity index (χ3n) is 5.36. The molecule has 0 atom stereocenters. The second-order valence-electron chi connectivity index (χ2n) is 8.08. The first kappa shape index (κ1) is 26.8. The summed E-state index contributed by atoms with van der Waals surface area (Å²) in [5.41, 5.74) is 4.69. The Hall–Kier alpha value is -4.28. The van der Waals surface area contributed by atoms with Crippen LogP contribution in [0.3, 0.4) is 0 Å². The summed E-state index contributed by atoms with van der Waals surface area (Å²) in [6.07, 6.45) is 1.37. The van der Waals surface area contributed by atoms with Gasteiger partial charge in [-0.15, -0.1) is 0 Å². The second-order valence-corrected chi connectivity index (χ2v) is 10.7. The van der Waals surface area contributed by atoms with E-state index >= 15 is 0 Å². The highest BCUT2D eigenvalue weighted by Crippen LogP contribution is 2.23. The summed E-state index contributed by atoms with van der Waals surface area (Å²) in [4.78, 5) is 25.3. The van der Waals surface area contributed by atoms with Gasteiger partial charge in [0.2, 0.25) is 0 Å². The topological polar surface area (TPSA) is 114 Å². The third-order valence-corrected chi connectivity index (χ3v) is 7.25. The Balaban J connectivity index is 1.42. The number of halogens is 1. The van der Waals surface area contributed by atoms with Gasteiger partial charge in [-0.25, -0.2) is 18.6 Å². The van der Waals surface area contributed by atoms with Crippen LogP contribution in [0, 0.1) is 6.92 Å². The Bertz CT molecular complexity index is 1610. The molecule has 192 valence electrons. The van der Waals surface area contributed by atoms with Crippen molar-refractivity contribution in [3.05, 3.63) is 124 Å². The average Bonchev–Trinajstić information content (AvgIpc) is 2.91. The van der Waals surface area contributed by atoms with Crippen molar-refractivity contribution in [2.75, 3.05) is 4.72 Å². The molecule has 1 amide bonds. The summed E-state index contributed by atoms with van der Waals surface area (Å²) < 4.78 is 33.7. The van der Waals surface area contributed by atoms with Crippen molar-refractivity contribution in [1.29, 1.82) is 0 Å². The third kappa shape index (κ3) is 6.72. The highest BCUT2D eigenvalue weighted by Gasteiger charge is 2.15. The number of aryl methyl sites for hydroxylation is 1. The van der Waals surface area contributed by atoms with E-state index in [1.807, 2.05) is 19.1 Å². The van der Waals surface area contributed by atoms with E-state index < -0.39 is 21.9 Å². The van der Waals surface area contributed by atoms with Crippen LogP contribution in [-0.4, -0.2) is 26.5 Å². The number of nitrogens with one attached hydrogen (secondary N) is 2. The minimum absolute atomic E-state index is 0.132. The van der Waals surface area contributed by atoms with Crippen LogP contribution >= 0.6 is 15.9 Å². The zero-order chi connectivity index (χ0) is 27.1. The molecular weight excluding hydrogens is 570 g/mol. The van der Waals surface area contributed by atoms with Gasteiger partial charge in [0.1, 0.15) is 5.75 Å². The Morgan fingerprint density at radius 2 is 1.58 bits per heavy atom. The van der Waals surface area contributed by atoms with E-state index in [0.29, 0.717) is 16.8 Å². The SMILES string of the molecule is Cc1ccccc1C(=O)Oc1ccc(Br)cc1C=NNC(=O)c1ccc(NS(=O)(=O)c2ccccc2)cc1. The number of esters is 1. The summed E-state index contributed by atoms with van der Waals surface area (Å²) in [7, 11) is -3.74. The van der Waals surface area contributed by atoms with Gasteiger partial charge < -0.3 is 4.74 Å². The van der Waals surface area contributed by atoms with Crippen molar-refractivity contribution in [3.8, 4) is 5.75 Å². The van der Waals surface area contributed by atoms with Crippen molar-refractivity contribution < 1.29 is 22.7 Å². The summed E-state index contributed by atoms with van der Waals surface area (Å²) in [6.45, 7) is 1.82. The monoisotopic (exact) mass is 591 g/mol. The van der Waals surface area contributed by atoms with E-state index in [9.17, 15) is 18.0 Å².